The van der Waals surface area contributed by atoms with E-state index >= 15 is 0 Å². The number of halogens is 5. The molecular weight excluding hydrogens is 504 g/mol. The summed E-state index contributed by atoms with van der Waals surface area (Å²) in [5.41, 5.74) is 2.56. The van der Waals surface area contributed by atoms with Crippen LogP contribution in [0.25, 0.3) is 22.0 Å². The van der Waals surface area contributed by atoms with Crippen molar-refractivity contribution in [2.45, 2.75) is 6.92 Å². The smallest absolute Gasteiger partial charge is 0.322 e. The quantitative estimate of drug-likeness (QED) is 0.324. The molecule has 0 spiro atoms. The third kappa shape index (κ3) is 6.09. The number of fused-ring (bicyclic) bond motifs is 1. The fraction of sp³-hybridized carbons (Fsp3) is 0.0800. The number of nitrogens with one attached hydrogen (secondary N) is 1. The second-order valence-electron chi connectivity index (χ2n) is 7.25. The second kappa shape index (κ2) is 11.2. The van der Waals surface area contributed by atoms with Gasteiger partial charge in [-0.2, -0.15) is 0 Å². The molecule has 0 saturated carbocycles. The molecule has 35 heavy (non-hydrogen) atoms. The first kappa shape index (κ1) is 26.0. The number of amides is 1. The lowest BCUT2D eigenvalue weighted by Gasteiger charge is -2.11. The lowest BCUT2D eigenvalue weighted by molar-refractivity contribution is -0.135. The molecule has 180 valence electrons. The largest absolute Gasteiger partial charge is 0.480 e. The summed E-state index contributed by atoms with van der Waals surface area (Å²) >= 11 is 12.3. The Labute approximate surface area is 208 Å². The van der Waals surface area contributed by atoms with E-state index in [-0.39, 0.29) is 10.0 Å². The molecule has 4 rings (SSSR count). The molecule has 0 saturated heterocycles. The maximum atomic E-state index is 13.3. The van der Waals surface area contributed by atoms with E-state index in [1.165, 1.54) is 12.1 Å². The molecule has 1 aromatic heterocycles. The molecule has 2 N–H and O–H groups in total. The Kier molecular flexibility index (Phi) is 8.32. The van der Waals surface area contributed by atoms with E-state index in [2.05, 4.69) is 4.98 Å². The van der Waals surface area contributed by atoms with E-state index in [0.717, 1.165) is 40.2 Å². The summed E-state index contributed by atoms with van der Waals surface area (Å²) in [5, 5.41) is 11.7. The minimum absolute atomic E-state index is 0.283. The Balaban J connectivity index is 0.000000205. The van der Waals surface area contributed by atoms with Crippen molar-refractivity contribution in [3.8, 4) is 11.1 Å². The average Bonchev–Trinajstić information content (AvgIpc) is 2.79. The van der Waals surface area contributed by atoms with Crippen molar-refractivity contribution in [3.63, 3.8) is 0 Å². The monoisotopic (exact) mass is 520 g/mol. The third-order valence-electron chi connectivity index (χ3n) is 4.85. The summed E-state index contributed by atoms with van der Waals surface area (Å²) < 4.78 is 39.3. The zero-order valence-electron chi connectivity index (χ0n) is 18.1. The van der Waals surface area contributed by atoms with Gasteiger partial charge >= 0.3 is 5.97 Å². The lowest BCUT2D eigenvalue weighted by Crippen LogP contribution is -2.30. The highest BCUT2D eigenvalue weighted by atomic mass is 35.5. The van der Waals surface area contributed by atoms with Crippen molar-refractivity contribution in [2.24, 2.45) is 0 Å². The predicted molar refractivity (Wildman–Crippen MR) is 128 cm³/mol. The molecule has 0 aliphatic heterocycles. The standard InChI is InChI=1S/C16H10Cl2FN.C9H7F2NO3/c1-9-4-5-12(16-11(9)3-2-6-20-16)15-13(17)7-10(19)8-14(15)18;10-5-2-1-3-6(11)8(5)9(15)12-4-7(13)14/h2-8H,1H3;1-3H,4H2,(H,12,15)(H,13,14). The Hall–Kier alpha value is -3.62. The number of hydrogen-bond acceptors (Lipinski definition) is 3. The normalized spacial score (nSPS) is 10.5. The van der Waals surface area contributed by atoms with E-state index < -0.39 is 41.4 Å². The number of nitrogens with zero attached hydrogens (tertiary/aromatic N) is 1. The van der Waals surface area contributed by atoms with Crippen molar-refractivity contribution in [1.29, 1.82) is 0 Å². The van der Waals surface area contributed by atoms with Gasteiger partial charge in [-0.25, -0.2) is 13.2 Å². The van der Waals surface area contributed by atoms with Gasteiger partial charge in [-0.15, -0.1) is 0 Å². The molecule has 0 bridgehead atoms. The van der Waals surface area contributed by atoms with Gasteiger partial charge in [-0.1, -0.05) is 47.5 Å². The van der Waals surface area contributed by atoms with Crippen LogP contribution in [0.15, 0.2) is 60.8 Å². The minimum Gasteiger partial charge on any atom is -0.480 e. The maximum Gasteiger partial charge on any atom is 0.322 e. The first-order chi connectivity index (χ1) is 16.6. The van der Waals surface area contributed by atoms with Crippen LogP contribution < -0.4 is 5.32 Å². The van der Waals surface area contributed by atoms with Crippen LogP contribution in [-0.4, -0.2) is 28.5 Å². The first-order valence-electron chi connectivity index (χ1n) is 10.0. The van der Waals surface area contributed by atoms with Gasteiger partial charge in [0, 0.05) is 22.7 Å². The minimum atomic E-state index is -1.29. The summed E-state index contributed by atoms with van der Waals surface area (Å²) in [6.45, 7) is 1.33. The van der Waals surface area contributed by atoms with Gasteiger partial charge in [0.25, 0.3) is 5.91 Å². The van der Waals surface area contributed by atoms with E-state index in [1.807, 2.05) is 36.5 Å². The number of carbonyl (C=O) groups excluding carboxylic acids is 1. The Morgan fingerprint density at radius 2 is 1.60 bits per heavy atom. The van der Waals surface area contributed by atoms with Crippen LogP contribution in [0.2, 0.25) is 10.0 Å². The van der Waals surface area contributed by atoms with Crippen LogP contribution in [0, 0.1) is 24.4 Å². The van der Waals surface area contributed by atoms with Crippen LogP contribution in [0.4, 0.5) is 13.2 Å². The van der Waals surface area contributed by atoms with Crippen LogP contribution in [0.3, 0.4) is 0 Å². The highest BCUT2D eigenvalue weighted by Gasteiger charge is 2.17. The van der Waals surface area contributed by atoms with Gasteiger partial charge in [0.05, 0.1) is 15.6 Å². The van der Waals surface area contributed by atoms with Gasteiger partial charge in [-0.05, 0) is 42.8 Å². The van der Waals surface area contributed by atoms with Crippen LogP contribution in [0.5, 0.6) is 0 Å². The van der Waals surface area contributed by atoms with E-state index in [1.54, 1.807) is 6.20 Å². The van der Waals surface area contributed by atoms with Gasteiger partial charge in [0.15, 0.2) is 0 Å². The maximum absolute atomic E-state index is 13.3. The topological polar surface area (TPSA) is 79.3 Å². The zero-order valence-corrected chi connectivity index (χ0v) is 19.6. The molecule has 1 amide bonds. The molecule has 0 atom stereocenters. The fourth-order valence-corrected chi connectivity index (χ4v) is 3.94. The predicted octanol–water partition coefficient (Wildman–Crippen LogP) is 6.44. The second-order valence-corrected chi connectivity index (χ2v) is 8.06. The van der Waals surface area contributed by atoms with Crippen LogP contribution in [0.1, 0.15) is 15.9 Å². The number of benzene rings is 3. The summed E-state index contributed by atoms with van der Waals surface area (Å²) in [6, 6.07) is 13.2. The Morgan fingerprint density at radius 1 is 0.971 bits per heavy atom. The Morgan fingerprint density at radius 3 is 2.20 bits per heavy atom. The van der Waals surface area contributed by atoms with Crippen molar-refractivity contribution in [2.75, 3.05) is 6.54 Å². The SMILES string of the molecule is Cc1ccc(-c2c(Cl)cc(F)cc2Cl)c2ncccc12.O=C(O)CNC(=O)c1c(F)cccc1F. The molecule has 0 fully saturated rings. The number of carboxylic acid groups (broad SMARTS) is 1. The number of aromatic nitrogens is 1. The van der Waals surface area contributed by atoms with Gasteiger partial charge in [0.2, 0.25) is 0 Å². The molecule has 0 aliphatic rings. The first-order valence-corrected chi connectivity index (χ1v) is 10.8. The molecule has 0 unspecified atom stereocenters. The third-order valence-corrected chi connectivity index (χ3v) is 5.45. The molecule has 4 aromatic rings. The number of aryl methyl sites for hydroxylation is 1. The number of hydrogen-bond donors (Lipinski definition) is 2. The number of carboxylic acids is 1. The van der Waals surface area contributed by atoms with E-state index in [9.17, 15) is 22.8 Å². The van der Waals surface area contributed by atoms with Gasteiger partial charge < -0.3 is 10.4 Å². The fourth-order valence-electron chi connectivity index (χ4n) is 3.28. The summed E-state index contributed by atoms with van der Waals surface area (Å²) in [5.74, 6) is -4.89. The zero-order chi connectivity index (χ0) is 25.7. The van der Waals surface area contributed by atoms with Crippen molar-refractivity contribution in [3.05, 3.63) is 99.4 Å². The highest BCUT2D eigenvalue weighted by Crippen LogP contribution is 2.39. The van der Waals surface area contributed by atoms with Crippen molar-refractivity contribution in [1.82, 2.24) is 10.3 Å². The van der Waals surface area contributed by atoms with E-state index in [0.29, 0.717) is 5.56 Å². The van der Waals surface area contributed by atoms with Crippen LogP contribution in [-0.2, 0) is 4.79 Å². The molecule has 3 aromatic carbocycles. The number of aliphatic carboxylic acids is 1. The number of rotatable bonds is 4. The van der Waals surface area contributed by atoms with Gasteiger partial charge in [-0.3, -0.25) is 14.6 Å². The van der Waals surface area contributed by atoms with Crippen molar-refractivity contribution >= 4 is 46.0 Å². The molecule has 0 aliphatic carbocycles. The summed E-state index contributed by atoms with van der Waals surface area (Å²) in [6.07, 6.45) is 1.72. The van der Waals surface area contributed by atoms with Crippen molar-refractivity contribution < 1.29 is 27.9 Å². The van der Waals surface area contributed by atoms with Gasteiger partial charge in [0.1, 0.15) is 29.6 Å². The number of pyridine rings is 1. The van der Waals surface area contributed by atoms with E-state index in [4.69, 9.17) is 28.3 Å². The lowest BCUT2D eigenvalue weighted by atomic mass is 9.99. The van der Waals surface area contributed by atoms with Crippen LogP contribution >= 0.6 is 23.2 Å². The number of carbonyl (C=O) groups is 2. The summed E-state index contributed by atoms with van der Waals surface area (Å²) in [4.78, 5) is 25.7. The molecule has 5 nitrogen and oxygen atoms in total. The molecular formula is C25H17Cl2F3N2O3. The molecule has 1 heterocycles. The summed E-state index contributed by atoms with van der Waals surface area (Å²) in [7, 11) is 0. The molecule has 10 heteroatoms. The Bertz CT molecular complexity index is 1390. The highest BCUT2D eigenvalue weighted by molar-refractivity contribution is 6.39. The molecule has 0 radical (unpaired) electrons. The average molecular weight is 521 g/mol.